The van der Waals surface area contributed by atoms with Crippen molar-refractivity contribution in [2.24, 2.45) is 0 Å². The Morgan fingerprint density at radius 1 is 1.14 bits per heavy atom. The Morgan fingerprint density at radius 3 is 2.52 bits per heavy atom. The molecule has 21 heavy (non-hydrogen) atoms. The molecule has 0 aliphatic carbocycles. The van der Waals surface area contributed by atoms with Gasteiger partial charge in [0.15, 0.2) is 11.5 Å². The number of ether oxygens (including phenoxy) is 2. The quantitative estimate of drug-likeness (QED) is 0.875. The maximum atomic E-state index is 5.82. The zero-order chi connectivity index (χ0) is 15.2. The Bertz CT molecular complexity index is 600. The number of anilines is 1. The summed E-state index contributed by atoms with van der Waals surface area (Å²) in [7, 11) is 0. The first-order valence-corrected chi connectivity index (χ1v) is 7.14. The molecule has 5 nitrogen and oxygen atoms in total. The van der Waals surface area contributed by atoms with E-state index in [0.29, 0.717) is 35.6 Å². The van der Waals surface area contributed by atoms with Gasteiger partial charge < -0.3 is 15.2 Å². The first kappa shape index (κ1) is 15.1. The van der Waals surface area contributed by atoms with Gasteiger partial charge in [0.1, 0.15) is 11.6 Å². The number of hydrogen-bond acceptors (Lipinski definition) is 5. The molecule has 1 heterocycles. The minimum atomic E-state index is 0.183. The lowest BCUT2D eigenvalue weighted by Crippen LogP contribution is -2.03. The van der Waals surface area contributed by atoms with E-state index in [1.807, 2.05) is 38.1 Å². The third kappa shape index (κ3) is 4.08. The molecule has 0 atom stereocenters. The van der Waals surface area contributed by atoms with Crippen LogP contribution in [0.1, 0.15) is 38.9 Å². The summed E-state index contributed by atoms with van der Waals surface area (Å²) in [5.41, 5.74) is 5.81. The van der Waals surface area contributed by atoms with E-state index in [1.165, 1.54) is 0 Å². The van der Waals surface area contributed by atoms with Crippen LogP contribution in [0.5, 0.6) is 17.4 Å². The van der Waals surface area contributed by atoms with Crippen LogP contribution in [-0.2, 0) is 0 Å². The molecular weight excluding hydrogens is 266 g/mol. The normalized spacial score (nSPS) is 10.7. The van der Waals surface area contributed by atoms with E-state index in [0.717, 1.165) is 6.42 Å². The summed E-state index contributed by atoms with van der Waals surface area (Å²) in [5.74, 6) is 3.00. The van der Waals surface area contributed by atoms with E-state index in [9.17, 15) is 0 Å². The van der Waals surface area contributed by atoms with Crippen molar-refractivity contribution >= 4 is 5.82 Å². The van der Waals surface area contributed by atoms with Gasteiger partial charge >= 0.3 is 0 Å². The van der Waals surface area contributed by atoms with Gasteiger partial charge in [-0.3, -0.25) is 0 Å². The second-order valence-corrected chi connectivity index (χ2v) is 5.04. The standard InChI is InChI=1S/C16H21N3O2/c1-4-9-20-12-7-5-6-8-13(12)21-15-10-14(17)18-16(19-15)11(2)3/h5-8,10-11H,4,9H2,1-3H3,(H2,17,18,19). The molecule has 1 aromatic heterocycles. The monoisotopic (exact) mass is 287 g/mol. The number of aromatic nitrogens is 2. The number of nitrogens with zero attached hydrogens (tertiary/aromatic N) is 2. The van der Waals surface area contributed by atoms with Crippen LogP contribution in [0.15, 0.2) is 30.3 Å². The lowest BCUT2D eigenvalue weighted by molar-refractivity contribution is 0.300. The van der Waals surface area contributed by atoms with Gasteiger partial charge in [-0.25, -0.2) is 4.98 Å². The summed E-state index contributed by atoms with van der Waals surface area (Å²) in [6, 6.07) is 9.13. The molecule has 2 aromatic rings. The molecule has 0 aliphatic heterocycles. The Balaban J connectivity index is 2.25. The van der Waals surface area contributed by atoms with Gasteiger partial charge in [0.2, 0.25) is 5.88 Å². The maximum absolute atomic E-state index is 5.82. The second-order valence-electron chi connectivity index (χ2n) is 5.04. The highest BCUT2D eigenvalue weighted by Gasteiger charge is 2.10. The molecule has 0 unspecified atom stereocenters. The smallest absolute Gasteiger partial charge is 0.224 e. The molecule has 112 valence electrons. The molecule has 0 radical (unpaired) electrons. The molecular formula is C16H21N3O2. The number of nitrogens with two attached hydrogens (primary N) is 1. The van der Waals surface area contributed by atoms with Gasteiger partial charge in [0.25, 0.3) is 0 Å². The van der Waals surface area contributed by atoms with E-state index >= 15 is 0 Å². The number of rotatable bonds is 6. The number of hydrogen-bond donors (Lipinski definition) is 1. The number of para-hydroxylation sites is 2. The Hall–Kier alpha value is -2.30. The number of benzene rings is 1. The van der Waals surface area contributed by atoms with E-state index in [4.69, 9.17) is 15.2 Å². The molecule has 0 amide bonds. The topological polar surface area (TPSA) is 70.3 Å². The fourth-order valence-electron chi connectivity index (χ4n) is 1.75. The molecule has 0 aliphatic rings. The van der Waals surface area contributed by atoms with Crippen molar-refractivity contribution in [3.8, 4) is 17.4 Å². The van der Waals surface area contributed by atoms with Crippen molar-refractivity contribution < 1.29 is 9.47 Å². The van der Waals surface area contributed by atoms with Gasteiger partial charge in [0.05, 0.1) is 6.61 Å². The summed E-state index contributed by atoms with van der Waals surface area (Å²) in [6.07, 6.45) is 0.937. The van der Waals surface area contributed by atoms with Crippen LogP contribution in [-0.4, -0.2) is 16.6 Å². The van der Waals surface area contributed by atoms with Crippen LogP contribution in [0.25, 0.3) is 0 Å². The molecule has 2 N–H and O–H groups in total. The van der Waals surface area contributed by atoms with Crippen LogP contribution in [0.2, 0.25) is 0 Å². The lowest BCUT2D eigenvalue weighted by atomic mass is 10.2. The first-order valence-electron chi connectivity index (χ1n) is 7.14. The second kappa shape index (κ2) is 6.92. The van der Waals surface area contributed by atoms with Crippen LogP contribution in [0, 0.1) is 0 Å². The zero-order valence-corrected chi connectivity index (χ0v) is 12.7. The van der Waals surface area contributed by atoms with Crippen LogP contribution >= 0.6 is 0 Å². The lowest BCUT2D eigenvalue weighted by Gasteiger charge is -2.12. The van der Waals surface area contributed by atoms with Crippen molar-refractivity contribution in [3.05, 3.63) is 36.2 Å². The predicted octanol–water partition coefficient (Wildman–Crippen LogP) is 3.76. The molecule has 0 fully saturated rings. The summed E-state index contributed by atoms with van der Waals surface area (Å²) in [5, 5.41) is 0. The van der Waals surface area contributed by atoms with Crippen molar-refractivity contribution in [1.82, 2.24) is 9.97 Å². The highest BCUT2D eigenvalue weighted by atomic mass is 16.5. The summed E-state index contributed by atoms with van der Waals surface area (Å²) >= 11 is 0. The SMILES string of the molecule is CCCOc1ccccc1Oc1cc(N)nc(C(C)C)n1. The molecule has 5 heteroatoms. The highest BCUT2D eigenvalue weighted by Crippen LogP contribution is 2.31. The fraction of sp³-hybridized carbons (Fsp3) is 0.375. The molecule has 0 spiro atoms. The first-order chi connectivity index (χ1) is 10.1. The van der Waals surface area contributed by atoms with Gasteiger partial charge in [-0.15, -0.1) is 0 Å². The van der Waals surface area contributed by atoms with Crippen molar-refractivity contribution in [2.75, 3.05) is 12.3 Å². The third-order valence-corrected chi connectivity index (χ3v) is 2.78. The molecule has 0 saturated heterocycles. The predicted molar refractivity (Wildman–Crippen MR) is 82.8 cm³/mol. The minimum absolute atomic E-state index is 0.183. The summed E-state index contributed by atoms with van der Waals surface area (Å²) in [4.78, 5) is 8.58. The van der Waals surface area contributed by atoms with Crippen molar-refractivity contribution in [3.63, 3.8) is 0 Å². The molecule has 0 saturated carbocycles. The van der Waals surface area contributed by atoms with Crippen molar-refractivity contribution in [2.45, 2.75) is 33.1 Å². The minimum Gasteiger partial charge on any atom is -0.490 e. The largest absolute Gasteiger partial charge is 0.490 e. The Morgan fingerprint density at radius 2 is 1.86 bits per heavy atom. The Labute approximate surface area is 125 Å². The molecule has 1 aromatic carbocycles. The fourth-order valence-corrected chi connectivity index (χ4v) is 1.75. The van der Waals surface area contributed by atoms with Crippen LogP contribution < -0.4 is 15.2 Å². The van der Waals surface area contributed by atoms with Gasteiger partial charge in [-0.1, -0.05) is 32.9 Å². The summed E-state index contributed by atoms with van der Waals surface area (Å²) in [6.45, 7) is 6.72. The van der Waals surface area contributed by atoms with E-state index in [-0.39, 0.29) is 5.92 Å². The maximum Gasteiger partial charge on any atom is 0.224 e. The average molecular weight is 287 g/mol. The zero-order valence-electron chi connectivity index (χ0n) is 12.7. The van der Waals surface area contributed by atoms with E-state index in [1.54, 1.807) is 6.07 Å². The van der Waals surface area contributed by atoms with Gasteiger partial charge in [-0.05, 0) is 18.6 Å². The van der Waals surface area contributed by atoms with Gasteiger partial charge in [0, 0.05) is 12.0 Å². The average Bonchev–Trinajstić information content (AvgIpc) is 2.45. The molecule has 2 rings (SSSR count). The van der Waals surface area contributed by atoms with E-state index in [2.05, 4.69) is 16.9 Å². The Kier molecular flexibility index (Phi) is 4.98. The van der Waals surface area contributed by atoms with Crippen LogP contribution in [0.4, 0.5) is 5.82 Å². The highest BCUT2D eigenvalue weighted by molar-refractivity contribution is 5.43. The molecule has 0 bridgehead atoms. The van der Waals surface area contributed by atoms with Gasteiger partial charge in [-0.2, -0.15) is 4.98 Å². The van der Waals surface area contributed by atoms with Crippen molar-refractivity contribution in [1.29, 1.82) is 0 Å². The summed E-state index contributed by atoms with van der Waals surface area (Å²) < 4.78 is 11.5. The number of nitrogen functional groups attached to an aromatic ring is 1. The van der Waals surface area contributed by atoms with E-state index < -0.39 is 0 Å². The van der Waals surface area contributed by atoms with Crippen LogP contribution in [0.3, 0.4) is 0 Å². The third-order valence-electron chi connectivity index (χ3n) is 2.78.